The van der Waals surface area contributed by atoms with E-state index in [4.69, 9.17) is 17.2 Å². The number of phenols is 1. The summed E-state index contributed by atoms with van der Waals surface area (Å²) in [6.07, 6.45) is 0.903. The van der Waals surface area contributed by atoms with Gasteiger partial charge in [-0.3, -0.25) is 19.4 Å². The summed E-state index contributed by atoms with van der Waals surface area (Å²) in [5.74, 6) is -3.11. The third-order valence-electron chi connectivity index (χ3n) is 6.54. The Balaban J connectivity index is 2.18. The molecule has 11 N–H and O–H groups in total. The van der Waals surface area contributed by atoms with Crippen LogP contribution in [0.25, 0.3) is 0 Å². The molecule has 2 aromatic carbocycles. The number of rotatable bonds is 17. The smallest absolute Gasteiger partial charge is 0.326 e. The normalized spacial score (nSPS) is 13.7. The lowest BCUT2D eigenvalue weighted by Crippen LogP contribution is -2.58. The van der Waals surface area contributed by atoms with E-state index < -0.39 is 47.9 Å². The summed E-state index contributed by atoms with van der Waals surface area (Å²) in [5.41, 5.74) is 18.2. The summed E-state index contributed by atoms with van der Waals surface area (Å²) in [6, 6.07) is 10.9. The van der Waals surface area contributed by atoms with Gasteiger partial charge in [-0.05, 0) is 54.9 Å². The number of benzene rings is 2. The molecule has 0 aliphatic rings. The van der Waals surface area contributed by atoms with E-state index in [-0.39, 0.29) is 49.9 Å². The van der Waals surface area contributed by atoms with Crippen molar-refractivity contribution in [1.82, 2.24) is 16.0 Å². The van der Waals surface area contributed by atoms with Crippen molar-refractivity contribution in [3.05, 3.63) is 65.7 Å². The molecule has 0 fully saturated rings. The predicted molar refractivity (Wildman–Crippen MR) is 163 cm³/mol. The van der Waals surface area contributed by atoms with E-state index in [0.29, 0.717) is 6.42 Å². The van der Waals surface area contributed by atoms with Crippen molar-refractivity contribution in [2.75, 3.05) is 6.54 Å². The van der Waals surface area contributed by atoms with E-state index in [2.05, 4.69) is 20.9 Å². The molecule has 234 valence electrons. The number of nitrogens with zero attached hydrogens (tertiary/aromatic N) is 1. The van der Waals surface area contributed by atoms with Crippen LogP contribution in [0.5, 0.6) is 5.75 Å². The quantitative estimate of drug-likeness (QED) is 0.0702. The van der Waals surface area contributed by atoms with Crippen molar-refractivity contribution in [3.63, 3.8) is 0 Å². The highest BCUT2D eigenvalue weighted by Gasteiger charge is 2.31. The van der Waals surface area contributed by atoms with Crippen LogP contribution >= 0.6 is 0 Å². The summed E-state index contributed by atoms with van der Waals surface area (Å²) in [6.45, 7) is 3.96. The summed E-state index contributed by atoms with van der Waals surface area (Å²) < 4.78 is 0. The van der Waals surface area contributed by atoms with Crippen LogP contribution in [0.3, 0.4) is 0 Å². The van der Waals surface area contributed by atoms with E-state index in [9.17, 15) is 29.4 Å². The van der Waals surface area contributed by atoms with Crippen molar-refractivity contribution in [2.45, 2.75) is 70.1 Å². The van der Waals surface area contributed by atoms with Crippen LogP contribution in [0.4, 0.5) is 0 Å². The Morgan fingerprint density at radius 3 is 1.93 bits per heavy atom. The second-order valence-electron chi connectivity index (χ2n) is 10.8. The average molecular weight is 598 g/mol. The molecule has 0 radical (unpaired) electrons. The first-order valence-corrected chi connectivity index (χ1v) is 14.1. The summed E-state index contributed by atoms with van der Waals surface area (Å²) >= 11 is 0. The maximum absolute atomic E-state index is 13.5. The Labute approximate surface area is 251 Å². The highest BCUT2D eigenvalue weighted by Crippen LogP contribution is 2.12. The van der Waals surface area contributed by atoms with Gasteiger partial charge in [0.2, 0.25) is 17.7 Å². The van der Waals surface area contributed by atoms with E-state index >= 15 is 0 Å². The second-order valence-corrected chi connectivity index (χ2v) is 10.8. The topological polar surface area (TPSA) is 235 Å². The summed E-state index contributed by atoms with van der Waals surface area (Å²) in [4.78, 5) is 55.5. The largest absolute Gasteiger partial charge is 0.508 e. The molecule has 0 spiro atoms. The molecule has 0 heterocycles. The molecule has 0 aliphatic carbocycles. The molecular weight excluding hydrogens is 554 g/mol. The first kappa shape index (κ1) is 34.6. The number of hydrogen-bond donors (Lipinski definition) is 8. The van der Waals surface area contributed by atoms with Crippen LogP contribution in [0.1, 0.15) is 44.2 Å². The lowest BCUT2D eigenvalue weighted by atomic mass is 9.99. The van der Waals surface area contributed by atoms with Gasteiger partial charge in [-0.1, -0.05) is 56.3 Å². The van der Waals surface area contributed by atoms with Gasteiger partial charge in [-0.25, -0.2) is 4.79 Å². The van der Waals surface area contributed by atoms with Crippen LogP contribution in [0, 0.1) is 5.92 Å². The number of carbonyl (C=O) groups excluding carboxylic acids is 3. The molecule has 2 aromatic rings. The highest BCUT2D eigenvalue weighted by molar-refractivity contribution is 5.94. The second kappa shape index (κ2) is 17.3. The molecule has 4 atom stereocenters. The molecule has 4 unspecified atom stereocenters. The maximum Gasteiger partial charge on any atom is 0.326 e. The lowest BCUT2D eigenvalue weighted by Gasteiger charge is -2.26. The molecule has 3 amide bonds. The SMILES string of the molecule is CC(C)CC(NC(=O)C(N)Cc1ccc(O)cc1)C(=O)NC(Cc1ccccc1)C(=O)NC(CCCN=C(N)N)C(=O)O. The average Bonchev–Trinajstić information content (AvgIpc) is 2.94. The van der Waals surface area contributed by atoms with E-state index in [1.165, 1.54) is 12.1 Å². The predicted octanol–water partition coefficient (Wildman–Crippen LogP) is 0.143. The number of nitrogens with one attached hydrogen (secondary N) is 3. The van der Waals surface area contributed by atoms with Crippen LogP contribution < -0.4 is 33.2 Å². The van der Waals surface area contributed by atoms with Crippen molar-refractivity contribution >= 4 is 29.7 Å². The van der Waals surface area contributed by atoms with E-state index in [1.54, 1.807) is 36.4 Å². The van der Waals surface area contributed by atoms with Gasteiger partial charge in [0.15, 0.2) is 5.96 Å². The van der Waals surface area contributed by atoms with Gasteiger partial charge >= 0.3 is 5.97 Å². The number of aromatic hydroxyl groups is 1. The fraction of sp³-hybridized carbons (Fsp3) is 0.433. The third kappa shape index (κ3) is 12.8. The zero-order valence-corrected chi connectivity index (χ0v) is 24.5. The molecule has 0 saturated heterocycles. The molecular formula is C30H43N7O6. The van der Waals surface area contributed by atoms with Crippen molar-refractivity contribution in [3.8, 4) is 5.75 Å². The molecule has 0 saturated carbocycles. The Hall–Kier alpha value is -4.65. The number of guanidine groups is 1. The lowest BCUT2D eigenvalue weighted by molar-refractivity contribution is -0.142. The van der Waals surface area contributed by atoms with Crippen molar-refractivity contribution < 1.29 is 29.4 Å². The standard InChI is InChI=1S/C30H43N7O6/c1-18(2)15-24(36-26(39)22(31)16-20-10-12-21(38)13-11-20)27(40)37-25(17-19-7-4-3-5-8-19)28(41)35-23(29(42)43)9-6-14-34-30(32)33/h3-5,7-8,10-13,18,22-25,38H,6,9,14-17,31H2,1-2H3,(H,35,41)(H,36,39)(H,37,40)(H,42,43)(H4,32,33,34). The highest BCUT2D eigenvalue weighted by atomic mass is 16.4. The number of carboxylic acid groups (broad SMARTS) is 1. The van der Waals surface area contributed by atoms with Crippen LogP contribution in [0.2, 0.25) is 0 Å². The fourth-order valence-corrected chi connectivity index (χ4v) is 4.32. The van der Waals surface area contributed by atoms with Crippen LogP contribution in [0.15, 0.2) is 59.6 Å². The Morgan fingerprint density at radius 2 is 1.35 bits per heavy atom. The van der Waals surface area contributed by atoms with Gasteiger partial charge < -0.3 is 43.4 Å². The molecule has 0 bridgehead atoms. The number of nitrogens with two attached hydrogens (primary N) is 3. The number of amides is 3. The molecule has 2 rings (SSSR count). The first-order valence-electron chi connectivity index (χ1n) is 14.1. The minimum Gasteiger partial charge on any atom is -0.508 e. The number of aliphatic imine (C=N–C) groups is 1. The Bertz CT molecular complexity index is 1230. The van der Waals surface area contributed by atoms with Gasteiger partial charge in [-0.15, -0.1) is 0 Å². The maximum atomic E-state index is 13.5. The number of hydrogen-bond acceptors (Lipinski definition) is 7. The molecule has 13 heteroatoms. The number of aliphatic carboxylic acids is 1. The minimum absolute atomic E-state index is 0.00683. The monoisotopic (exact) mass is 597 g/mol. The van der Waals surface area contributed by atoms with Gasteiger partial charge in [0.05, 0.1) is 6.04 Å². The fourth-order valence-electron chi connectivity index (χ4n) is 4.32. The van der Waals surface area contributed by atoms with Gasteiger partial charge in [0.1, 0.15) is 23.9 Å². The molecule has 0 aromatic heterocycles. The van der Waals surface area contributed by atoms with Crippen molar-refractivity contribution in [1.29, 1.82) is 0 Å². The van der Waals surface area contributed by atoms with E-state index in [0.717, 1.165) is 11.1 Å². The number of carboxylic acids is 1. The van der Waals surface area contributed by atoms with Gasteiger partial charge in [0, 0.05) is 13.0 Å². The molecule has 43 heavy (non-hydrogen) atoms. The molecule has 13 nitrogen and oxygen atoms in total. The first-order chi connectivity index (χ1) is 20.3. The van der Waals surface area contributed by atoms with Crippen LogP contribution in [-0.2, 0) is 32.0 Å². The van der Waals surface area contributed by atoms with Crippen molar-refractivity contribution in [2.24, 2.45) is 28.1 Å². The number of phenolic OH excluding ortho intramolecular Hbond substituents is 1. The summed E-state index contributed by atoms with van der Waals surface area (Å²) in [7, 11) is 0. The van der Waals surface area contributed by atoms with Crippen LogP contribution in [-0.4, -0.2) is 70.6 Å². The number of carbonyl (C=O) groups is 4. The Kier molecular flexibility index (Phi) is 13.9. The van der Waals surface area contributed by atoms with Gasteiger partial charge in [0.25, 0.3) is 0 Å². The third-order valence-corrected chi connectivity index (χ3v) is 6.54. The zero-order valence-electron chi connectivity index (χ0n) is 24.5. The van der Waals surface area contributed by atoms with E-state index in [1.807, 2.05) is 19.9 Å². The minimum atomic E-state index is -1.24. The zero-order chi connectivity index (χ0) is 31.9. The Morgan fingerprint density at radius 1 is 0.791 bits per heavy atom. The van der Waals surface area contributed by atoms with Gasteiger partial charge in [-0.2, -0.15) is 0 Å². The molecule has 0 aliphatic heterocycles. The summed E-state index contributed by atoms with van der Waals surface area (Å²) in [5, 5.41) is 27.1.